The predicted octanol–water partition coefficient (Wildman–Crippen LogP) is -4.63. The summed E-state index contributed by atoms with van der Waals surface area (Å²) < 4.78 is 0. The maximum atomic E-state index is 13.6. The summed E-state index contributed by atoms with van der Waals surface area (Å²) >= 11 is 0. The highest BCUT2D eigenvalue weighted by atomic mass is 16.4. The van der Waals surface area contributed by atoms with Gasteiger partial charge in [0.05, 0.1) is 18.8 Å². The maximum absolute atomic E-state index is 13.6. The average molecular weight is 742 g/mol. The minimum Gasteiger partial charge on any atom is -0.480 e. The number of unbranched alkanes of at least 4 members (excludes halogenated alkanes) is 1. The molecule has 2 heterocycles. The third-order valence-corrected chi connectivity index (χ3v) is 9.18. The summed E-state index contributed by atoms with van der Waals surface area (Å²) in [7, 11) is 0. The number of aliphatic carboxylic acids is 1. The van der Waals surface area contributed by atoms with E-state index in [9.17, 15) is 44.1 Å². The standard InChI is InChI=1S/C32H59N11O9/c1-18(26(46)40-22(17-44)30(50)43-15-7-11-24(43)31(51)52)38-29(49)25(19(2)45)41-27(47)21(9-5-13-37-32(35)36)39-28(48)23-10-6-14-42(23)16-20(34)8-3-4-12-33/h18-25,44-45H,3-17,33-34H2,1-2H3,(H,38,49)(H,39,48)(H,40,46)(H,41,47)(H,51,52)(H4,35,36,37)/t18-,19+,20-,21-,22-,23-,24-,25-/m0/s1. The summed E-state index contributed by atoms with van der Waals surface area (Å²) in [5.74, 6) is -5.13. The molecule has 0 aliphatic carbocycles. The molecule has 0 unspecified atom stereocenters. The van der Waals surface area contributed by atoms with Crippen LogP contribution in [0.3, 0.4) is 0 Å². The Balaban J connectivity index is 2.10. The van der Waals surface area contributed by atoms with E-state index in [2.05, 4.69) is 26.3 Å². The lowest BCUT2D eigenvalue weighted by Crippen LogP contribution is -2.61. The molecule has 2 rings (SSSR count). The van der Waals surface area contributed by atoms with E-state index in [1.54, 1.807) is 0 Å². The molecule has 2 aliphatic heterocycles. The van der Waals surface area contributed by atoms with E-state index in [1.807, 2.05) is 4.90 Å². The molecule has 2 fully saturated rings. The first-order valence-electron chi connectivity index (χ1n) is 17.9. The van der Waals surface area contributed by atoms with Crippen LogP contribution in [0, 0.1) is 0 Å². The van der Waals surface area contributed by atoms with Gasteiger partial charge in [-0.3, -0.25) is 33.9 Å². The molecule has 0 aromatic rings. The Kier molecular flexibility index (Phi) is 18.7. The molecule has 52 heavy (non-hydrogen) atoms. The molecule has 2 aliphatic rings. The number of nitrogens with zero attached hydrogens (tertiary/aromatic N) is 3. The second-order valence-electron chi connectivity index (χ2n) is 13.4. The number of carboxylic acid groups (broad SMARTS) is 1. The largest absolute Gasteiger partial charge is 0.480 e. The number of aliphatic imine (C=N–C) groups is 1. The molecule has 0 bridgehead atoms. The number of aliphatic hydroxyl groups excluding tert-OH is 2. The predicted molar refractivity (Wildman–Crippen MR) is 190 cm³/mol. The van der Waals surface area contributed by atoms with Crippen molar-refractivity contribution in [1.82, 2.24) is 31.1 Å². The zero-order valence-corrected chi connectivity index (χ0v) is 30.2. The third-order valence-electron chi connectivity index (χ3n) is 9.18. The number of nitrogens with two attached hydrogens (primary N) is 4. The van der Waals surface area contributed by atoms with Crippen molar-refractivity contribution in [2.24, 2.45) is 27.9 Å². The molecule has 2 saturated heterocycles. The smallest absolute Gasteiger partial charge is 0.326 e. The molecular weight excluding hydrogens is 682 g/mol. The van der Waals surface area contributed by atoms with Crippen LogP contribution in [-0.2, 0) is 28.8 Å². The number of nitrogens with one attached hydrogen (secondary N) is 4. The van der Waals surface area contributed by atoms with Crippen LogP contribution in [0.5, 0.6) is 0 Å². The Bertz CT molecular complexity index is 1250. The summed E-state index contributed by atoms with van der Waals surface area (Å²) in [5, 5.41) is 39.6. The van der Waals surface area contributed by atoms with Gasteiger partial charge < -0.3 is 64.4 Å². The quantitative estimate of drug-likeness (QED) is 0.0283. The van der Waals surface area contributed by atoms with Gasteiger partial charge in [-0.25, -0.2) is 4.79 Å². The summed E-state index contributed by atoms with van der Waals surface area (Å²) in [5.41, 5.74) is 22.7. The molecule has 0 spiro atoms. The molecule has 15 N–H and O–H groups in total. The van der Waals surface area contributed by atoms with Gasteiger partial charge in [0.2, 0.25) is 29.5 Å². The van der Waals surface area contributed by atoms with Gasteiger partial charge in [-0.1, -0.05) is 6.42 Å². The van der Waals surface area contributed by atoms with Crippen LogP contribution in [0.4, 0.5) is 0 Å². The highest BCUT2D eigenvalue weighted by Gasteiger charge is 2.39. The third kappa shape index (κ3) is 13.8. The highest BCUT2D eigenvalue weighted by molar-refractivity contribution is 5.96. The van der Waals surface area contributed by atoms with Crippen LogP contribution in [0.25, 0.3) is 0 Å². The number of aliphatic hydroxyl groups is 2. The second-order valence-corrected chi connectivity index (χ2v) is 13.4. The van der Waals surface area contributed by atoms with E-state index < -0.39 is 84.5 Å². The lowest BCUT2D eigenvalue weighted by molar-refractivity contribution is -0.150. The monoisotopic (exact) mass is 741 g/mol. The molecule has 0 aromatic heterocycles. The summed E-state index contributed by atoms with van der Waals surface area (Å²) in [4.78, 5) is 84.7. The van der Waals surface area contributed by atoms with Crippen LogP contribution in [0.1, 0.15) is 71.6 Å². The molecule has 0 radical (unpaired) electrons. The van der Waals surface area contributed by atoms with Gasteiger partial charge in [0.25, 0.3) is 0 Å². The molecule has 296 valence electrons. The Morgan fingerprint density at radius 3 is 2.13 bits per heavy atom. The maximum Gasteiger partial charge on any atom is 0.326 e. The minimum atomic E-state index is -1.56. The fraction of sp³-hybridized carbons (Fsp3) is 0.781. The molecular formula is C32H59N11O9. The topological polar surface area (TPSA) is 334 Å². The number of carbonyl (C=O) groups is 6. The SMILES string of the molecule is C[C@H](NC(=O)[C@@H](NC(=O)[C@H](CCCN=C(N)N)NC(=O)[C@@H]1CCCN1C[C@@H](N)CCCCN)[C@@H](C)O)C(=O)N[C@@H](CO)C(=O)N1CCC[C@H]1C(=O)O. The van der Waals surface area contributed by atoms with Gasteiger partial charge in [-0.05, 0) is 78.3 Å². The molecule has 5 amide bonds. The first-order valence-corrected chi connectivity index (χ1v) is 17.9. The van der Waals surface area contributed by atoms with Crippen molar-refractivity contribution in [1.29, 1.82) is 0 Å². The van der Waals surface area contributed by atoms with Crippen molar-refractivity contribution in [3.8, 4) is 0 Å². The zero-order valence-electron chi connectivity index (χ0n) is 30.2. The van der Waals surface area contributed by atoms with Crippen LogP contribution in [0.2, 0.25) is 0 Å². The van der Waals surface area contributed by atoms with E-state index in [1.165, 1.54) is 13.8 Å². The highest BCUT2D eigenvalue weighted by Crippen LogP contribution is 2.20. The van der Waals surface area contributed by atoms with E-state index >= 15 is 0 Å². The van der Waals surface area contributed by atoms with Gasteiger partial charge in [0.1, 0.15) is 30.2 Å². The van der Waals surface area contributed by atoms with Crippen molar-refractivity contribution < 1.29 is 44.1 Å². The fourth-order valence-corrected chi connectivity index (χ4v) is 6.32. The minimum absolute atomic E-state index is 0.0863. The normalized spacial score (nSPS) is 20.8. The van der Waals surface area contributed by atoms with Crippen molar-refractivity contribution in [2.45, 2.75) is 120 Å². The van der Waals surface area contributed by atoms with Crippen molar-refractivity contribution in [2.75, 3.05) is 39.3 Å². The van der Waals surface area contributed by atoms with Crippen molar-refractivity contribution in [3.05, 3.63) is 0 Å². The number of hydrogen-bond acceptors (Lipinski definition) is 12. The fourth-order valence-electron chi connectivity index (χ4n) is 6.32. The van der Waals surface area contributed by atoms with Gasteiger partial charge in [-0.2, -0.15) is 0 Å². The lowest BCUT2D eigenvalue weighted by Gasteiger charge is -2.29. The molecule has 0 aromatic carbocycles. The Morgan fingerprint density at radius 2 is 1.52 bits per heavy atom. The number of carboxylic acids is 1. The second kappa shape index (κ2) is 22.1. The Morgan fingerprint density at radius 1 is 0.846 bits per heavy atom. The van der Waals surface area contributed by atoms with E-state index in [0.29, 0.717) is 32.5 Å². The summed E-state index contributed by atoms with van der Waals surface area (Å²) in [6, 6.07) is -7.26. The van der Waals surface area contributed by atoms with Gasteiger partial charge in [-0.15, -0.1) is 0 Å². The number of amides is 5. The number of rotatable bonds is 22. The number of hydrogen-bond donors (Lipinski definition) is 11. The van der Waals surface area contributed by atoms with Crippen molar-refractivity contribution in [3.63, 3.8) is 0 Å². The first kappa shape index (κ1) is 44.1. The van der Waals surface area contributed by atoms with Gasteiger partial charge >= 0.3 is 5.97 Å². The number of likely N-dealkylation sites (tertiary alicyclic amines) is 2. The van der Waals surface area contributed by atoms with Crippen molar-refractivity contribution >= 4 is 41.5 Å². The molecule has 20 nitrogen and oxygen atoms in total. The number of guanidine groups is 1. The van der Waals surface area contributed by atoms with Crippen LogP contribution < -0.4 is 44.2 Å². The van der Waals surface area contributed by atoms with Gasteiger partial charge in [0.15, 0.2) is 5.96 Å². The Hall–Kier alpha value is -4.11. The van der Waals surface area contributed by atoms with E-state index in [4.69, 9.17) is 22.9 Å². The number of carbonyl (C=O) groups excluding carboxylic acids is 5. The first-order chi connectivity index (χ1) is 24.6. The zero-order chi connectivity index (χ0) is 39.0. The molecule has 0 saturated carbocycles. The molecule has 20 heteroatoms. The summed E-state index contributed by atoms with van der Waals surface area (Å²) in [6.07, 6.45) is 3.41. The average Bonchev–Trinajstić information content (AvgIpc) is 3.77. The lowest BCUT2D eigenvalue weighted by atomic mass is 10.1. The van der Waals surface area contributed by atoms with E-state index in [-0.39, 0.29) is 44.4 Å². The molecule has 8 atom stereocenters. The van der Waals surface area contributed by atoms with Gasteiger partial charge in [0, 0.05) is 25.7 Å². The summed E-state index contributed by atoms with van der Waals surface area (Å²) in [6.45, 7) is 3.75. The van der Waals surface area contributed by atoms with Crippen LogP contribution >= 0.6 is 0 Å². The van der Waals surface area contributed by atoms with E-state index in [0.717, 1.165) is 30.6 Å². The van der Waals surface area contributed by atoms with Crippen LogP contribution in [-0.4, -0.2) is 154 Å². The van der Waals surface area contributed by atoms with Crippen LogP contribution in [0.15, 0.2) is 4.99 Å². The Labute approximate surface area is 303 Å².